The van der Waals surface area contributed by atoms with Crippen LogP contribution in [-0.2, 0) is 4.79 Å². The zero-order valence-corrected chi connectivity index (χ0v) is 12.4. The van der Waals surface area contributed by atoms with Crippen molar-refractivity contribution in [2.45, 2.75) is 32.2 Å². The lowest BCUT2D eigenvalue weighted by atomic mass is 9.99. The molecule has 1 heterocycles. The molecule has 0 atom stereocenters. The van der Waals surface area contributed by atoms with E-state index in [2.05, 4.69) is 31.5 Å². The molecule has 6 nitrogen and oxygen atoms in total. The molecule has 1 aromatic heterocycles. The fourth-order valence-corrected chi connectivity index (χ4v) is 2.33. The van der Waals surface area contributed by atoms with Gasteiger partial charge in [-0.25, -0.2) is 9.78 Å². The Labute approximate surface area is 117 Å². The van der Waals surface area contributed by atoms with E-state index in [1.807, 2.05) is 0 Å². The zero-order chi connectivity index (χ0) is 13.8. The second-order valence-corrected chi connectivity index (χ2v) is 6.74. The van der Waals surface area contributed by atoms with E-state index in [-0.39, 0.29) is 6.42 Å². The number of carbonyl (C=O) groups excluding carboxylic acids is 1. The van der Waals surface area contributed by atoms with Crippen LogP contribution in [-0.4, -0.2) is 27.6 Å². The molecular formula is C10H14BrN3O3S. The summed E-state index contributed by atoms with van der Waals surface area (Å²) in [6.07, 6.45) is 1.96. The summed E-state index contributed by atoms with van der Waals surface area (Å²) in [5.74, 6) is -0.880. The lowest BCUT2D eigenvalue weighted by Crippen LogP contribution is -2.45. The summed E-state index contributed by atoms with van der Waals surface area (Å²) in [4.78, 5) is 26.1. The molecular weight excluding hydrogens is 322 g/mol. The van der Waals surface area contributed by atoms with Crippen LogP contribution >= 0.6 is 27.3 Å². The Morgan fingerprint density at radius 1 is 1.56 bits per heavy atom. The number of nitrogens with zero attached hydrogens (tertiary/aromatic N) is 1. The van der Waals surface area contributed by atoms with Crippen molar-refractivity contribution < 1.29 is 14.7 Å². The molecule has 0 aliphatic heterocycles. The first-order chi connectivity index (χ1) is 8.28. The first-order valence-electron chi connectivity index (χ1n) is 5.21. The van der Waals surface area contributed by atoms with Crippen LogP contribution in [0, 0.1) is 0 Å². The third-order valence-electron chi connectivity index (χ3n) is 2.11. The molecule has 0 saturated carbocycles. The summed E-state index contributed by atoms with van der Waals surface area (Å²) < 4.78 is 0.822. The number of aliphatic carboxylic acids is 1. The quantitative estimate of drug-likeness (QED) is 0.771. The molecule has 8 heteroatoms. The molecule has 0 fully saturated rings. The van der Waals surface area contributed by atoms with Gasteiger partial charge in [0.1, 0.15) is 0 Å². The van der Waals surface area contributed by atoms with E-state index in [1.54, 1.807) is 20.0 Å². The minimum Gasteiger partial charge on any atom is -0.481 e. The predicted octanol–water partition coefficient (Wildman–Crippen LogP) is 2.67. The number of aromatic nitrogens is 1. The van der Waals surface area contributed by atoms with E-state index < -0.39 is 17.5 Å². The van der Waals surface area contributed by atoms with E-state index in [9.17, 15) is 9.59 Å². The molecule has 1 rings (SSSR count). The van der Waals surface area contributed by atoms with Crippen LogP contribution in [0.2, 0.25) is 0 Å². The van der Waals surface area contributed by atoms with Gasteiger partial charge in [-0.15, -0.1) is 0 Å². The topological polar surface area (TPSA) is 91.3 Å². The average Bonchev–Trinajstić information content (AvgIpc) is 2.60. The lowest BCUT2D eigenvalue weighted by Gasteiger charge is -2.25. The van der Waals surface area contributed by atoms with Crippen LogP contribution in [0.25, 0.3) is 0 Å². The zero-order valence-electron chi connectivity index (χ0n) is 9.99. The van der Waals surface area contributed by atoms with E-state index >= 15 is 0 Å². The Morgan fingerprint density at radius 2 is 2.22 bits per heavy atom. The second-order valence-electron chi connectivity index (χ2n) is 4.33. The van der Waals surface area contributed by atoms with Gasteiger partial charge in [-0.05, 0) is 36.2 Å². The standard InChI is InChI=1S/C10H14BrN3O3S/c1-10(2,4-3-7(15)16)14-8(17)13-9-12-5-6(11)18-9/h5H,3-4H2,1-2H3,(H,15,16)(H2,12,13,14,17). The van der Waals surface area contributed by atoms with Gasteiger partial charge in [0.25, 0.3) is 0 Å². The average molecular weight is 336 g/mol. The predicted molar refractivity (Wildman–Crippen MR) is 72.9 cm³/mol. The Hall–Kier alpha value is -1.15. The van der Waals surface area contributed by atoms with Gasteiger partial charge in [0.15, 0.2) is 5.13 Å². The highest BCUT2D eigenvalue weighted by atomic mass is 79.9. The summed E-state index contributed by atoms with van der Waals surface area (Å²) in [5, 5.41) is 14.4. The van der Waals surface area contributed by atoms with Gasteiger partial charge in [0, 0.05) is 12.0 Å². The summed E-state index contributed by atoms with van der Waals surface area (Å²) >= 11 is 4.54. The van der Waals surface area contributed by atoms with Crippen molar-refractivity contribution in [3.63, 3.8) is 0 Å². The van der Waals surface area contributed by atoms with Crippen LogP contribution in [0.1, 0.15) is 26.7 Å². The number of amides is 2. The van der Waals surface area contributed by atoms with Gasteiger partial charge in [0.05, 0.1) is 9.98 Å². The number of urea groups is 1. The molecule has 0 aromatic carbocycles. The number of carboxylic acids is 1. The molecule has 18 heavy (non-hydrogen) atoms. The number of anilines is 1. The van der Waals surface area contributed by atoms with Gasteiger partial charge >= 0.3 is 12.0 Å². The smallest absolute Gasteiger partial charge is 0.321 e. The summed E-state index contributed by atoms with van der Waals surface area (Å²) in [7, 11) is 0. The molecule has 100 valence electrons. The van der Waals surface area contributed by atoms with Crippen molar-refractivity contribution in [3.05, 3.63) is 9.98 Å². The highest BCUT2D eigenvalue weighted by Gasteiger charge is 2.21. The molecule has 0 saturated heterocycles. The minimum atomic E-state index is -0.880. The number of hydrogen-bond acceptors (Lipinski definition) is 4. The van der Waals surface area contributed by atoms with Gasteiger partial charge in [-0.2, -0.15) is 0 Å². The number of nitrogens with one attached hydrogen (secondary N) is 2. The maximum Gasteiger partial charge on any atom is 0.321 e. The van der Waals surface area contributed by atoms with Gasteiger partial charge in [0.2, 0.25) is 0 Å². The van der Waals surface area contributed by atoms with Crippen LogP contribution in [0.15, 0.2) is 9.98 Å². The van der Waals surface area contributed by atoms with E-state index in [0.717, 1.165) is 3.79 Å². The van der Waals surface area contributed by atoms with Gasteiger partial charge in [-0.3, -0.25) is 10.1 Å². The normalized spacial score (nSPS) is 11.1. The first-order valence-corrected chi connectivity index (χ1v) is 6.82. The SMILES string of the molecule is CC(C)(CCC(=O)O)NC(=O)Nc1ncc(Br)s1. The van der Waals surface area contributed by atoms with Gasteiger partial charge in [-0.1, -0.05) is 11.3 Å². The number of thiazole rings is 1. The van der Waals surface area contributed by atoms with E-state index in [1.165, 1.54) is 11.3 Å². The third kappa shape index (κ3) is 5.46. The summed E-state index contributed by atoms with van der Waals surface area (Å²) in [5.41, 5.74) is -0.586. The highest BCUT2D eigenvalue weighted by molar-refractivity contribution is 9.11. The minimum absolute atomic E-state index is 0.0100. The van der Waals surface area contributed by atoms with E-state index in [4.69, 9.17) is 5.11 Å². The van der Waals surface area contributed by atoms with Crippen molar-refractivity contribution in [3.8, 4) is 0 Å². The monoisotopic (exact) mass is 335 g/mol. The second kappa shape index (κ2) is 6.14. The molecule has 0 bridgehead atoms. The maximum absolute atomic E-state index is 11.7. The van der Waals surface area contributed by atoms with Crippen molar-refractivity contribution in [1.29, 1.82) is 0 Å². The van der Waals surface area contributed by atoms with Crippen molar-refractivity contribution in [2.75, 3.05) is 5.32 Å². The molecule has 1 aromatic rings. The molecule has 3 N–H and O–H groups in total. The fourth-order valence-electron chi connectivity index (χ4n) is 1.23. The largest absolute Gasteiger partial charge is 0.481 e. The molecule has 0 spiro atoms. The van der Waals surface area contributed by atoms with Crippen molar-refractivity contribution in [1.82, 2.24) is 10.3 Å². The lowest BCUT2D eigenvalue weighted by molar-refractivity contribution is -0.137. The Balaban J connectivity index is 2.45. The molecule has 0 unspecified atom stereocenters. The Kier molecular flexibility index (Phi) is 5.09. The summed E-state index contributed by atoms with van der Waals surface area (Å²) in [6.45, 7) is 3.54. The van der Waals surface area contributed by atoms with Crippen LogP contribution in [0.3, 0.4) is 0 Å². The first kappa shape index (κ1) is 14.9. The number of carbonyl (C=O) groups is 2. The molecule has 0 radical (unpaired) electrons. The van der Waals surface area contributed by atoms with E-state index in [0.29, 0.717) is 11.6 Å². The number of halogens is 1. The van der Waals surface area contributed by atoms with Gasteiger partial charge < -0.3 is 10.4 Å². The number of carboxylic acid groups (broad SMARTS) is 1. The molecule has 0 aliphatic carbocycles. The summed E-state index contributed by atoms with van der Waals surface area (Å²) in [6, 6.07) is -0.396. The Morgan fingerprint density at radius 3 is 2.72 bits per heavy atom. The number of rotatable bonds is 5. The third-order valence-corrected chi connectivity index (χ3v) is 3.51. The molecule has 2 amide bonds. The van der Waals surface area contributed by atoms with Crippen LogP contribution < -0.4 is 10.6 Å². The maximum atomic E-state index is 11.7. The van der Waals surface area contributed by atoms with Crippen molar-refractivity contribution >= 4 is 44.4 Å². The number of hydrogen-bond donors (Lipinski definition) is 3. The van der Waals surface area contributed by atoms with Crippen molar-refractivity contribution in [2.24, 2.45) is 0 Å². The highest BCUT2D eigenvalue weighted by Crippen LogP contribution is 2.23. The van der Waals surface area contributed by atoms with Crippen LogP contribution in [0.4, 0.5) is 9.93 Å². The Bertz CT molecular complexity index is 447. The fraction of sp³-hybridized carbons (Fsp3) is 0.500. The van der Waals surface area contributed by atoms with Crippen LogP contribution in [0.5, 0.6) is 0 Å². The molecule has 0 aliphatic rings.